The maximum absolute atomic E-state index is 12.3. The summed E-state index contributed by atoms with van der Waals surface area (Å²) in [6, 6.07) is 5.61. The Hall–Kier alpha value is -1.36. The van der Waals surface area contributed by atoms with Crippen LogP contribution in [0.1, 0.15) is 22.8 Å². The summed E-state index contributed by atoms with van der Waals surface area (Å²) in [4.78, 5) is 24.9. The molecule has 5 heteroatoms. The molecule has 1 aromatic rings. The smallest absolute Gasteiger partial charge is 0.306 e. The number of carbonyl (C=O) groups excluding carboxylic acids is 1. The molecule has 1 aliphatic heterocycles. The minimum absolute atomic E-state index is 0.0207. The van der Waals surface area contributed by atoms with Gasteiger partial charge in [0.25, 0.3) is 5.91 Å². The number of carboxylic acid groups (broad SMARTS) is 1. The fourth-order valence-electron chi connectivity index (χ4n) is 2.19. The molecule has 0 saturated carbocycles. The SMILES string of the molecule is Cc1ccc(Br)cc1C(=O)N1CC(C(C)C(=O)O)C1. The van der Waals surface area contributed by atoms with Gasteiger partial charge >= 0.3 is 5.97 Å². The molecule has 0 aromatic heterocycles. The molecule has 0 aliphatic carbocycles. The average Bonchev–Trinajstić information content (AvgIpc) is 2.29. The van der Waals surface area contributed by atoms with E-state index in [1.54, 1.807) is 11.8 Å². The highest BCUT2D eigenvalue weighted by Crippen LogP contribution is 2.27. The van der Waals surface area contributed by atoms with Crippen LogP contribution < -0.4 is 0 Å². The lowest BCUT2D eigenvalue weighted by molar-refractivity contribution is -0.144. The van der Waals surface area contributed by atoms with Crippen LogP contribution in [-0.4, -0.2) is 35.0 Å². The number of nitrogens with zero attached hydrogens (tertiary/aromatic N) is 1. The molecule has 1 aromatic carbocycles. The van der Waals surface area contributed by atoms with Crippen LogP contribution in [0.5, 0.6) is 0 Å². The maximum atomic E-state index is 12.3. The van der Waals surface area contributed by atoms with Gasteiger partial charge in [-0.05, 0) is 24.6 Å². The summed E-state index contributed by atoms with van der Waals surface area (Å²) in [6.45, 7) is 4.65. The molecule has 19 heavy (non-hydrogen) atoms. The topological polar surface area (TPSA) is 57.6 Å². The molecule has 1 amide bonds. The maximum Gasteiger partial charge on any atom is 0.306 e. The van der Waals surface area contributed by atoms with Crippen molar-refractivity contribution in [3.8, 4) is 0 Å². The predicted molar refractivity (Wildman–Crippen MR) is 75.1 cm³/mol. The molecule has 1 aliphatic rings. The van der Waals surface area contributed by atoms with Crippen LogP contribution in [0.4, 0.5) is 0 Å². The molecule has 2 rings (SSSR count). The molecule has 1 fully saturated rings. The first kappa shape index (κ1) is 14.1. The number of hydrogen-bond acceptors (Lipinski definition) is 2. The van der Waals surface area contributed by atoms with E-state index in [2.05, 4.69) is 15.9 Å². The van der Waals surface area contributed by atoms with Crippen LogP contribution in [0.15, 0.2) is 22.7 Å². The Morgan fingerprint density at radius 1 is 1.42 bits per heavy atom. The Labute approximate surface area is 120 Å². The lowest BCUT2D eigenvalue weighted by atomic mass is 9.86. The quantitative estimate of drug-likeness (QED) is 0.929. The van der Waals surface area contributed by atoms with E-state index in [4.69, 9.17) is 5.11 Å². The average molecular weight is 326 g/mol. The molecule has 0 bridgehead atoms. The number of rotatable bonds is 3. The summed E-state index contributed by atoms with van der Waals surface area (Å²) in [7, 11) is 0. The van der Waals surface area contributed by atoms with Gasteiger partial charge in [0.1, 0.15) is 0 Å². The standard InChI is InChI=1S/C14H16BrNO3/c1-8-3-4-11(15)5-12(8)13(17)16-6-10(7-16)9(2)14(18)19/h3-5,9-10H,6-7H2,1-2H3,(H,18,19). The zero-order valence-corrected chi connectivity index (χ0v) is 12.5. The summed E-state index contributed by atoms with van der Waals surface area (Å²) in [6.07, 6.45) is 0. The summed E-state index contributed by atoms with van der Waals surface area (Å²) in [5.41, 5.74) is 1.61. The van der Waals surface area contributed by atoms with Gasteiger partial charge in [-0.3, -0.25) is 9.59 Å². The fraction of sp³-hybridized carbons (Fsp3) is 0.429. The molecular formula is C14H16BrNO3. The number of likely N-dealkylation sites (tertiary alicyclic amines) is 1. The number of aryl methyl sites for hydroxylation is 1. The monoisotopic (exact) mass is 325 g/mol. The van der Waals surface area contributed by atoms with Crippen molar-refractivity contribution < 1.29 is 14.7 Å². The zero-order valence-electron chi connectivity index (χ0n) is 10.9. The molecule has 1 saturated heterocycles. The molecule has 102 valence electrons. The fourth-order valence-corrected chi connectivity index (χ4v) is 2.55. The van der Waals surface area contributed by atoms with Gasteiger partial charge in [-0.2, -0.15) is 0 Å². The second kappa shape index (κ2) is 5.33. The van der Waals surface area contributed by atoms with E-state index in [-0.39, 0.29) is 11.8 Å². The number of amides is 1. The van der Waals surface area contributed by atoms with Crippen LogP contribution in [0.2, 0.25) is 0 Å². The van der Waals surface area contributed by atoms with E-state index in [1.165, 1.54) is 0 Å². The van der Waals surface area contributed by atoms with Crippen molar-refractivity contribution in [2.75, 3.05) is 13.1 Å². The lowest BCUT2D eigenvalue weighted by Crippen LogP contribution is -2.53. The number of carboxylic acids is 1. The third-order valence-electron chi connectivity index (χ3n) is 3.72. The first-order valence-electron chi connectivity index (χ1n) is 6.18. The number of benzene rings is 1. The largest absolute Gasteiger partial charge is 0.481 e. The highest BCUT2D eigenvalue weighted by molar-refractivity contribution is 9.10. The van der Waals surface area contributed by atoms with Crippen molar-refractivity contribution in [1.29, 1.82) is 0 Å². The van der Waals surface area contributed by atoms with E-state index >= 15 is 0 Å². The van der Waals surface area contributed by atoms with Gasteiger partial charge in [0.2, 0.25) is 0 Å². The van der Waals surface area contributed by atoms with Gasteiger partial charge in [-0.15, -0.1) is 0 Å². The highest BCUT2D eigenvalue weighted by Gasteiger charge is 2.37. The van der Waals surface area contributed by atoms with E-state index < -0.39 is 11.9 Å². The molecule has 1 atom stereocenters. The van der Waals surface area contributed by atoms with Gasteiger partial charge in [0, 0.05) is 29.0 Å². The second-order valence-electron chi connectivity index (χ2n) is 5.06. The molecule has 1 unspecified atom stereocenters. The predicted octanol–water partition coefficient (Wildman–Crippen LogP) is 2.55. The van der Waals surface area contributed by atoms with Crippen LogP contribution in [-0.2, 0) is 4.79 Å². The Balaban J connectivity index is 2.04. The van der Waals surface area contributed by atoms with E-state index in [9.17, 15) is 9.59 Å². The van der Waals surface area contributed by atoms with Crippen molar-refractivity contribution >= 4 is 27.8 Å². The Morgan fingerprint density at radius 2 is 2.05 bits per heavy atom. The first-order chi connectivity index (χ1) is 8.90. The summed E-state index contributed by atoms with van der Waals surface area (Å²) in [5.74, 6) is -1.15. The van der Waals surface area contributed by atoms with E-state index in [0.717, 1.165) is 10.0 Å². The van der Waals surface area contributed by atoms with Crippen molar-refractivity contribution in [3.63, 3.8) is 0 Å². The molecule has 0 radical (unpaired) electrons. The minimum Gasteiger partial charge on any atom is -0.481 e. The number of carbonyl (C=O) groups is 2. The third-order valence-corrected chi connectivity index (χ3v) is 4.22. The summed E-state index contributed by atoms with van der Waals surface area (Å²) >= 11 is 3.36. The van der Waals surface area contributed by atoms with Crippen LogP contribution in [0.25, 0.3) is 0 Å². The third kappa shape index (κ3) is 2.81. The minimum atomic E-state index is -0.796. The number of hydrogen-bond donors (Lipinski definition) is 1. The Bertz CT molecular complexity index is 523. The van der Waals surface area contributed by atoms with Gasteiger partial charge in [-0.1, -0.05) is 28.9 Å². The van der Waals surface area contributed by atoms with Gasteiger partial charge < -0.3 is 10.0 Å². The number of halogens is 1. The summed E-state index contributed by atoms with van der Waals surface area (Å²) < 4.78 is 0.873. The summed E-state index contributed by atoms with van der Waals surface area (Å²) in [5, 5.41) is 8.93. The Morgan fingerprint density at radius 3 is 2.63 bits per heavy atom. The van der Waals surface area contributed by atoms with Crippen molar-refractivity contribution in [1.82, 2.24) is 4.90 Å². The normalized spacial score (nSPS) is 16.9. The van der Waals surface area contributed by atoms with Gasteiger partial charge in [0.05, 0.1) is 5.92 Å². The molecule has 1 N–H and O–H groups in total. The molecule has 1 heterocycles. The van der Waals surface area contributed by atoms with Crippen molar-refractivity contribution in [3.05, 3.63) is 33.8 Å². The second-order valence-corrected chi connectivity index (χ2v) is 5.97. The number of aliphatic carboxylic acids is 1. The van der Waals surface area contributed by atoms with E-state index in [0.29, 0.717) is 18.7 Å². The molecular weight excluding hydrogens is 310 g/mol. The van der Waals surface area contributed by atoms with Crippen molar-refractivity contribution in [2.24, 2.45) is 11.8 Å². The van der Waals surface area contributed by atoms with Gasteiger partial charge in [-0.25, -0.2) is 0 Å². The van der Waals surface area contributed by atoms with Crippen LogP contribution in [0, 0.1) is 18.8 Å². The zero-order chi connectivity index (χ0) is 14.2. The highest BCUT2D eigenvalue weighted by atomic mass is 79.9. The Kier molecular flexibility index (Phi) is 3.94. The molecule has 4 nitrogen and oxygen atoms in total. The van der Waals surface area contributed by atoms with Gasteiger partial charge in [0.15, 0.2) is 0 Å². The van der Waals surface area contributed by atoms with Crippen molar-refractivity contribution in [2.45, 2.75) is 13.8 Å². The lowest BCUT2D eigenvalue weighted by Gasteiger charge is -2.41. The van der Waals surface area contributed by atoms with Crippen LogP contribution >= 0.6 is 15.9 Å². The first-order valence-corrected chi connectivity index (χ1v) is 6.97. The van der Waals surface area contributed by atoms with E-state index in [1.807, 2.05) is 25.1 Å². The molecule has 0 spiro atoms. The van der Waals surface area contributed by atoms with Crippen LogP contribution in [0.3, 0.4) is 0 Å².